The second kappa shape index (κ2) is 4.81. The Morgan fingerprint density at radius 1 is 1.56 bits per heavy atom. The molecule has 0 radical (unpaired) electrons. The van der Waals surface area contributed by atoms with Crippen LogP contribution < -0.4 is 0 Å². The molecule has 84 valence electrons. The highest BCUT2D eigenvalue weighted by Crippen LogP contribution is 2.32. The van der Waals surface area contributed by atoms with Gasteiger partial charge in [-0.15, -0.1) is 11.3 Å². The van der Waals surface area contributed by atoms with Crippen molar-refractivity contribution < 1.29 is 4.79 Å². The largest absolute Gasteiger partial charge is 0.292 e. The number of thiophene rings is 1. The highest BCUT2D eigenvalue weighted by Gasteiger charge is 2.14. The molecular formula is C10H8Br2N2OS. The van der Waals surface area contributed by atoms with Crippen LogP contribution in [0.2, 0.25) is 0 Å². The molecule has 0 spiro atoms. The Labute approximate surface area is 114 Å². The normalized spacial score (nSPS) is 10.7. The highest BCUT2D eigenvalue weighted by atomic mass is 79.9. The van der Waals surface area contributed by atoms with Gasteiger partial charge < -0.3 is 0 Å². The molecule has 0 unspecified atom stereocenters. The van der Waals surface area contributed by atoms with Crippen molar-refractivity contribution >= 4 is 49.0 Å². The van der Waals surface area contributed by atoms with E-state index in [4.69, 9.17) is 0 Å². The molecule has 0 bridgehead atoms. The number of nitrogens with zero attached hydrogens (tertiary/aromatic N) is 2. The second-order valence-electron chi connectivity index (χ2n) is 3.38. The van der Waals surface area contributed by atoms with E-state index in [-0.39, 0.29) is 12.3 Å². The van der Waals surface area contributed by atoms with E-state index in [0.29, 0.717) is 5.56 Å². The highest BCUT2D eigenvalue weighted by molar-refractivity contribution is 9.12. The Bertz CT molecular complexity index is 533. The second-order valence-corrected chi connectivity index (χ2v) is 7.13. The maximum atomic E-state index is 12.0. The third-order valence-corrected chi connectivity index (χ3v) is 4.36. The summed E-state index contributed by atoms with van der Waals surface area (Å²) in [5.74, 6) is 0.0527. The molecule has 0 aliphatic carbocycles. The van der Waals surface area contributed by atoms with Gasteiger partial charge in [-0.2, -0.15) is 5.10 Å². The lowest BCUT2D eigenvalue weighted by Gasteiger charge is -1.99. The summed E-state index contributed by atoms with van der Waals surface area (Å²) in [6.07, 6.45) is 3.60. The number of aromatic nitrogens is 2. The summed E-state index contributed by atoms with van der Waals surface area (Å²) >= 11 is 8.23. The average Bonchev–Trinajstić information content (AvgIpc) is 2.73. The maximum absolute atomic E-state index is 12.0. The van der Waals surface area contributed by atoms with Crippen LogP contribution in [0.3, 0.4) is 0 Å². The minimum absolute atomic E-state index is 0.0527. The molecule has 2 rings (SSSR count). The van der Waals surface area contributed by atoms with Gasteiger partial charge in [-0.1, -0.05) is 0 Å². The van der Waals surface area contributed by atoms with Crippen LogP contribution in [0.1, 0.15) is 15.9 Å². The predicted molar refractivity (Wildman–Crippen MR) is 71.0 cm³/mol. The zero-order chi connectivity index (χ0) is 11.7. The summed E-state index contributed by atoms with van der Waals surface area (Å²) in [4.78, 5) is 12.0. The summed E-state index contributed by atoms with van der Waals surface area (Å²) in [6.45, 7) is 2.22. The number of rotatable bonds is 3. The molecule has 0 fully saturated rings. The van der Waals surface area contributed by atoms with Crippen molar-refractivity contribution in [2.24, 2.45) is 0 Å². The molecule has 3 nitrogen and oxygen atoms in total. The number of aryl methyl sites for hydroxylation is 1. The Morgan fingerprint density at radius 3 is 2.81 bits per heavy atom. The fraction of sp³-hybridized carbons (Fsp3) is 0.200. The molecule has 0 saturated heterocycles. The smallest absolute Gasteiger partial charge is 0.186 e. The van der Waals surface area contributed by atoms with E-state index in [9.17, 15) is 4.79 Å². The van der Waals surface area contributed by atoms with Gasteiger partial charge in [-0.25, -0.2) is 0 Å². The lowest BCUT2D eigenvalue weighted by atomic mass is 10.2. The molecule has 0 N–H and O–H groups in total. The molecule has 2 aromatic rings. The molecule has 0 aliphatic rings. The van der Waals surface area contributed by atoms with Crippen LogP contribution in [0, 0.1) is 6.92 Å². The quantitative estimate of drug-likeness (QED) is 0.780. The van der Waals surface area contributed by atoms with Gasteiger partial charge >= 0.3 is 0 Å². The molecule has 6 heteroatoms. The van der Waals surface area contributed by atoms with Crippen LogP contribution in [0.25, 0.3) is 0 Å². The van der Waals surface area contributed by atoms with Crippen molar-refractivity contribution in [2.45, 2.75) is 13.5 Å². The molecule has 0 saturated carbocycles. The van der Waals surface area contributed by atoms with Crippen molar-refractivity contribution in [1.29, 1.82) is 0 Å². The predicted octanol–water partition coefficient (Wildman–Crippen LogP) is 3.66. The van der Waals surface area contributed by atoms with E-state index in [2.05, 4.69) is 37.0 Å². The number of Topliss-reactive ketones (excluding diaryl/α,β-unsaturated/α-hetero) is 1. The average molecular weight is 364 g/mol. The topological polar surface area (TPSA) is 34.9 Å². The minimum Gasteiger partial charge on any atom is -0.292 e. The van der Waals surface area contributed by atoms with E-state index in [1.54, 1.807) is 10.9 Å². The monoisotopic (exact) mass is 362 g/mol. The van der Waals surface area contributed by atoms with Gasteiger partial charge in [0.15, 0.2) is 5.78 Å². The van der Waals surface area contributed by atoms with Crippen molar-refractivity contribution in [2.75, 3.05) is 0 Å². The lowest BCUT2D eigenvalue weighted by Crippen LogP contribution is -2.10. The molecule has 2 heterocycles. The summed E-state index contributed by atoms with van der Waals surface area (Å²) < 4.78 is 3.45. The zero-order valence-electron chi connectivity index (χ0n) is 8.41. The Balaban J connectivity index is 2.17. The van der Waals surface area contributed by atoms with Crippen molar-refractivity contribution in [3.63, 3.8) is 0 Å². The maximum Gasteiger partial charge on any atom is 0.186 e. The summed E-state index contributed by atoms with van der Waals surface area (Å²) in [5, 5.41) is 4.09. The number of hydrogen-bond donors (Lipinski definition) is 0. The van der Waals surface area contributed by atoms with Gasteiger partial charge in [-0.05, 0) is 50.4 Å². The van der Waals surface area contributed by atoms with Crippen LogP contribution in [0.4, 0.5) is 0 Å². The Kier molecular flexibility index (Phi) is 3.61. The molecule has 0 aliphatic heterocycles. The van der Waals surface area contributed by atoms with Gasteiger partial charge in [0.2, 0.25) is 0 Å². The number of hydrogen-bond acceptors (Lipinski definition) is 3. The van der Waals surface area contributed by atoms with E-state index in [1.165, 1.54) is 11.3 Å². The standard InChI is InChI=1S/C10H8Br2N2OS/c1-6-3-13-14(4-6)5-8(15)7-2-9(11)16-10(7)12/h2-4H,5H2,1H3. The van der Waals surface area contributed by atoms with Gasteiger partial charge in [0.25, 0.3) is 0 Å². The number of halogens is 2. The fourth-order valence-electron chi connectivity index (χ4n) is 1.32. The first-order valence-electron chi connectivity index (χ1n) is 4.53. The van der Waals surface area contributed by atoms with Crippen molar-refractivity contribution in [3.8, 4) is 0 Å². The van der Waals surface area contributed by atoms with Crippen molar-refractivity contribution in [3.05, 3.63) is 37.2 Å². The number of ketones is 1. The SMILES string of the molecule is Cc1cnn(CC(=O)c2cc(Br)sc2Br)c1. The van der Waals surface area contributed by atoms with Crippen LogP contribution in [-0.2, 0) is 6.54 Å². The molecule has 0 aromatic carbocycles. The first-order chi connectivity index (χ1) is 7.56. The molecule has 2 aromatic heterocycles. The Morgan fingerprint density at radius 2 is 2.31 bits per heavy atom. The van der Waals surface area contributed by atoms with E-state index < -0.39 is 0 Å². The van der Waals surface area contributed by atoms with Crippen LogP contribution in [-0.4, -0.2) is 15.6 Å². The van der Waals surface area contributed by atoms with Gasteiger partial charge in [0.05, 0.1) is 13.8 Å². The Hall–Kier alpha value is -0.460. The molecule has 0 atom stereocenters. The molecule has 16 heavy (non-hydrogen) atoms. The lowest BCUT2D eigenvalue weighted by molar-refractivity contribution is 0.0967. The summed E-state index contributed by atoms with van der Waals surface area (Å²) in [5.41, 5.74) is 1.75. The van der Waals surface area contributed by atoms with Gasteiger partial charge in [-0.3, -0.25) is 9.48 Å². The van der Waals surface area contributed by atoms with Crippen LogP contribution in [0.5, 0.6) is 0 Å². The summed E-state index contributed by atoms with van der Waals surface area (Å²) in [6, 6.07) is 1.83. The zero-order valence-corrected chi connectivity index (χ0v) is 12.4. The van der Waals surface area contributed by atoms with Crippen LogP contribution in [0.15, 0.2) is 26.0 Å². The summed E-state index contributed by atoms with van der Waals surface area (Å²) in [7, 11) is 0. The van der Waals surface area contributed by atoms with Crippen LogP contribution >= 0.6 is 43.2 Å². The number of carbonyl (C=O) groups is 1. The van der Waals surface area contributed by atoms with E-state index >= 15 is 0 Å². The first-order valence-corrected chi connectivity index (χ1v) is 6.93. The fourth-order valence-corrected chi connectivity index (χ4v) is 4.17. The van der Waals surface area contributed by atoms with E-state index in [0.717, 1.165) is 13.1 Å². The minimum atomic E-state index is 0.0527. The third kappa shape index (κ3) is 2.61. The number of carbonyl (C=O) groups excluding carboxylic acids is 1. The van der Waals surface area contributed by atoms with E-state index in [1.807, 2.05) is 19.2 Å². The third-order valence-electron chi connectivity index (χ3n) is 2.03. The first kappa shape index (κ1) is 12.0. The van der Waals surface area contributed by atoms with Gasteiger partial charge in [0, 0.05) is 11.8 Å². The van der Waals surface area contributed by atoms with Crippen molar-refractivity contribution in [1.82, 2.24) is 9.78 Å². The van der Waals surface area contributed by atoms with Gasteiger partial charge in [0.1, 0.15) is 6.54 Å². The molecular weight excluding hydrogens is 356 g/mol. The molecule has 0 amide bonds.